The monoisotopic (exact) mass is 353 g/mol. The van der Waals surface area contributed by atoms with Crippen molar-refractivity contribution in [2.24, 2.45) is 0 Å². The van der Waals surface area contributed by atoms with E-state index in [4.69, 9.17) is 0 Å². The van der Waals surface area contributed by atoms with Crippen molar-refractivity contribution in [1.82, 2.24) is 0 Å². The summed E-state index contributed by atoms with van der Waals surface area (Å²) in [5.74, 6) is -1.76. The molecule has 2 rings (SSSR count). The Morgan fingerprint density at radius 1 is 0.885 bits per heavy atom. The summed E-state index contributed by atoms with van der Waals surface area (Å²) in [6, 6.07) is 12.4. The average Bonchev–Trinajstić information content (AvgIpc) is 2.53. The summed E-state index contributed by atoms with van der Waals surface area (Å²) in [6.07, 6.45) is 0.125. The Balaban J connectivity index is 2.00. The molecule has 0 bridgehead atoms. The molecule has 0 aromatic heterocycles. The van der Waals surface area contributed by atoms with Crippen LogP contribution in [0.25, 0.3) is 0 Å². The van der Waals surface area contributed by atoms with Crippen molar-refractivity contribution in [2.45, 2.75) is 33.1 Å². The van der Waals surface area contributed by atoms with Gasteiger partial charge in [0.05, 0.1) is 0 Å². The van der Waals surface area contributed by atoms with Gasteiger partial charge in [-0.3, -0.25) is 9.59 Å². The molecule has 2 amide bonds. The van der Waals surface area contributed by atoms with E-state index in [2.05, 4.69) is 10.6 Å². The number of carbonyl (C=O) groups is 3. The Morgan fingerprint density at radius 3 is 2.23 bits per heavy atom. The predicted molar refractivity (Wildman–Crippen MR) is 97.8 cm³/mol. The Kier molecular flexibility index (Phi) is 6.49. The number of aryl methyl sites for hydroxylation is 2. The fourth-order valence-electron chi connectivity index (χ4n) is 2.61. The fraction of sp³-hybridized carbons (Fsp3) is 0.250. The molecule has 0 aliphatic heterocycles. The van der Waals surface area contributed by atoms with Crippen LogP contribution >= 0.6 is 0 Å². The molecular weight excluding hydrogens is 332 g/mol. The van der Waals surface area contributed by atoms with E-state index < -0.39 is 5.97 Å². The number of hydrogen-bond donors (Lipinski definition) is 2. The summed E-state index contributed by atoms with van der Waals surface area (Å²) in [4.78, 5) is 34.6. The Labute approximate surface area is 152 Å². The molecule has 26 heavy (non-hydrogen) atoms. The first-order valence-electron chi connectivity index (χ1n) is 8.33. The molecule has 0 aliphatic carbocycles. The summed E-state index contributed by atoms with van der Waals surface area (Å²) in [5.41, 5.74) is 3.72. The molecule has 0 saturated heterocycles. The third kappa shape index (κ3) is 6.05. The first-order chi connectivity index (χ1) is 12.3. The lowest BCUT2D eigenvalue weighted by molar-refractivity contribution is -0.305. The molecule has 0 radical (unpaired) electrons. The Bertz CT molecular complexity index is 810. The van der Waals surface area contributed by atoms with Crippen molar-refractivity contribution in [3.63, 3.8) is 0 Å². The molecule has 0 saturated carbocycles. The van der Waals surface area contributed by atoms with Gasteiger partial charge in [0.15, 0.2) is 0 Å². The molecule has 0 aliphatic rings. The zero-order chi connectivity index (χ0) is 19.1. The second-order valence-corrected chi connectivity index (χ2v) is 6.19. The molecule has 6 nitrogen and oxygen atoms in total. The van der Waals surface area contributed by atoms with Gasteiger partial charge in [0.25, 0.3) is 5.91 Å². The van der Waals surface area contributed by atoms with Gasteiger partial charge < -0.3 is 20.5 Å². The van der Waals surface area contributed by atoms with Gasteiger partial charge in [0, 0.05) is 29.3 Å². The van der Waals surface area contributed by atoms with Gasteiger partial charge in [-0.1, -0.05) is 12.1 Å². The molecule has 0 unspecified atom stereocenters. The van der Waals surface area contributed by atoms with Gasteiger partial charge in [0.2, 0.25) is 5.91 Å². The van der Waals surface area contributed by atoms with E-state index in [0.29, 0.717) is 16.9 Å². The number of amides is 2. The average molecular weight is 353 g/mol. The number of benzene rings is 2. The molecule has 0 atom stereocenters. The van der Waals surface area contributed by atoms with E-state index in [1.807, 2.05) is 32.0 Å². The maximum Gasteiger partial charge on any atom is 0.255 e. The van der Waals surface area contributed by atoms with Crippen LogP contribution in [0.4, 0.5) is 11.4 Å². The first kappa shape index (κ1) is 19.2. The summed E-state index contributed by atoms with van der Waals surface area (Å²) in [7, 11) is 0. The molecule has 2 aromatic carbocycles. The largest absolute Gasteiger partial charge is 0.550 e. The predicted octanol–water partition coefficient (Wildman–Crippen LogP) is 2.41. The highest BCUT2D eigenvalue weighted by Gasteiger charge is 2.09. The molecule has 6 heteroatoms. The van der Waals surface area contributed by atoms with Crippen LogP contribution in [0.2, 0.25) is 0 Å². The van der Waals surface area contributed by atoms with E-state index in [9.17, 15) is 19.5 Å². The molecule has 0 fully saturated rings. The van der Waals surface area contributed by atoms with Crippen LogP contribution in [-0.4, -0.2) is 17.8 Å². The highest BCUT2D eigenvalue weighted by molar-refractivity contribution is 6.05. The SMILES string of the molecule is Cc1cc(C)cc(NC(=O)c2cccc(NC(=O)CCCC(=O)[O-])c2)c1. The quantitative estimate of drug-likeness (QED) is 0.798. The topological polar surface area (TPSA) is 98.3 Å². The van der Waals surface area contributed by atoms with Gasteiger partial charge in [-0.25, -0.2) is 0 Å². The first-order valence-corrected chi connectivity index (χ1v) is 8.33. The van der Waals surface area contributed by atoms with Crippen LogP contribution in [0.1, 0.15) is 40.7 Å². The van der Waals surface area contributed by atoms with Crippen molar-refractivity contribution in [2.75, 3.05) is 10.6 Å². The molecule has 136 valence electrons. The minimum absolute atomic E-state index is 0.0764. The lowest BCUT2D eigenvalue weighted by Gasteiger charge is -2.10. The van der Waals surface area contributed by atoms with E-state index >= 15 is 0 Å². The minimum atomic E-state index is -1.18. The van der Waals surface area contributed by atoms with Gasteiger partial charge in [-0.2, -0.15) is 0 Å². The number of hydrogen-bond acceptors (Lipinski definition) is 4. The van der Waals surface area contributed by atoms with Crippen molar-refractivity contribution < 1.29 is 19.5 Å². The maximum absolute atomic E-state index is 12.4. The number of carboxylic acid groups (broad SMARTS) is 1. The number of rotatable bonds is 7. The second-order valence-electron chi connectivity index (χ2n) is 6.19. The smallest absolute Gasteiger partial charge is 0.255 e. The standard InChI is InChI=1S/C20H22N2O4/c1-13-9-14(2)11-17(10-13)22-20(26)15-5-3-6-16(12-15)21-18(23)7-4-8-19(24)25/h3,5-6,9-12H,4,7-8H2,1-2H3,(H,21,23)(H,22,26)(H,24,25)/p-1. The summed E-state index contributed by atoms with van der Waals surface area (Å²) in [6.45, 7) is 3.92. The van der Waals surface area contributed by atoms with Crippen molar-refractivity contribution in [3.8, 4) is 0 Å². The molecule has 0 heterocycles. The van der Waals surface area contributed by atoms with Crippen molar-refractivity contribution in [3.05, 3.63) is 59.2 Å². The molecular formula is C20H21N2O4-. The minimum Gasteiger partial charge on any atom is -0.550 e. The number of nitrogens with one attached hydrogen (secondary N) is 2. The highest BCUT2D eigenvalue weighted by atomic mass is 16.4. The van der Waals surface area contributed by atoms with Crippen LogP contribution in [0, 0.1) is 13.8 Å². The highest BCUT2D eigenvalue weighted by Crippen LogP contribution is 2.17. The van der Waals surface area contributed by atoms with Crippen LogP contribution in [0.5, 0.6) is 0 Å². The van der Waals surface area contributed by atoms with Gasteiger partial charge >= 0.3 is 0 Å². The number of aliphatic carboxylic acids is 1. The van der Waals surface area contributed by atoms with Crippen molar-refractivity contribution >= 4 is 29.2 Å². The van der Waals surface area contributed by atoms with E-state index in [1.165, 1.54) is 0 Å². The van der Waals surface area contributed by atoms with Gasteiger partial charge in [0.1, 0.15) is 0 Å². The summed E-state index contributed by atoms with van der Waals surface area (Å²) >= 11 is 0. The van der Waals surface area contributed by atoms with Crippen LogP contribution in [-0.2, 0) is 9.59 Å². The molecule has 0 spiro atoms. The lowest BCUT2D eigenvalue weighted by atomic mass is 10.1. The maximum atomic E-state index is 12.4. The zero-order valence-electron chi connectivity index (χ0n) is 14.8. The fourth-order valence-corrected chi connectivity index (χ4v) is 2.61. The van der Waals surface area contributed by atoms with E-state index in [0.717, 1.165) is 11.1 Å². The second kappa shape index (κ2) is 8.80. The summed E-state index contributed by atoms with van der Waals surface area (Å²) in [5, 5.41) is 15.9. The van der Waals surface area contributed by atoms with Gasteiger partial charge in [-0.05, 0) is 68.1 Å². The Morgan fingerprint density at radius 2 is 1.58 bits per heavy atom. The number of carbonyl (C=O) groups excluding carboxylic acids is 3. The summed E-state index contributed by atoms with van der Waals surface area (Å²) < 4.78 is 0. The van der Waals surface area contributed by atoms with E-state index in [-0.39, 0.29) is 31.1 Å². The van der Waals surface area contributed by atoms with Crippen LogP contribution < -0.4 is 15.7 Å². The molecule has 2 aromatic rings. The lowest BCUT2D eigenvalue weighted by Crippen LogP contribution is -2.22. The number of anilines is 2. The van der Waals surface area contributed by atoms with Crippen molar-refractivity contribution in [1.29, 1.82) is 0 Å². The molecule has 2 N–H and O–H groups in total. The van der Waals surface area contributed by atoms with E-state index in [1.54, 1.807) is 24.3 Å². The van der Waals surface area contributed by atoms with Gasteiger partial charge in [-0.15, -0.1) is 0 Å². The number of carboxylic acids is 1. The third-order valence-corrected chi connectivity index (χ3v) is 3.67. The third-order valence-electron chi connectivity index (χ3n) is 3.67. The van der Waals surface area contributed by atoms with Crippen LogP contribution in [0.15, 0.2) is 42.5 Å². The Hall–Kier alpha value is -3.15. The normalized spacial score (nSPS) is 10.2. The zero-order valence-corrected chi connectivity index (χ0v) is 14.8. The van der Waals surface area contributed by atoms with Crippen LogP contribution in [0.3, 0.4) is 0 Å².